The molecule has 0 atom stereocenters. The van der Waals surface area contributed by atoms with Crippen LogP contribution < -0.4 is 5.43 Å². The average molecular weight is 391 g/mol. The van der Waals surface area contributed by atoms with Crippen LogP contribution in [0.2, 0.25) is 5.02 Å². The van der Waals surface area contributed by atoms with Crippen LogP contribution >= 0.6 is 11.6 Å². The second-order valence-electron chi connectivity index (χ2n) is 7.43. The van der Waals surface area contributed by atoms with Crippen molar-refractivity contribution in [2.75, 3.05) is 26.2 Å². The van der Waals surface area contributed by atoms with E-state index in [2.05, 4.69) is 10.4 Å². The standard InChI is InChI=1S/C19H23ClN4O3/c1-19(2,3)27-18(26)23-8-10-24(11-9-23)22-17(25)16-6-4-13-12-14(20)5-7-15(13)21-16/h4-7,12H,8-11H2,1-3H3,(H,22,25). The Morgan fingerprint density at radius 2 is 1.81 bits per heavy atom. The minimum atomic E-state index is -0.519. The number of aromatic nitrogens is 1. The first-order valence-corrected chi connectivity index (χ1v) is 9.19. The molecule has 27 heavy (non-hydrogen) atoms. The number of rotatable bonds is 2. The van der Waals surface area contributed by atoms with Crippen LogP contribution in [0.15, 0.2) is 30.3 Å². The zero-order valence-electron chi connectivity index (χ0n) is 15.7. The number of pyridine rings is 1. The van der Waals surface area contributed by atoms with Crippen molar-refractivity contribution in [2.45, 2.75) is 26.4 Å². The highest BCUT2D eigenvalue weighted by atomic mass is 35.5. The average Bonchev–Trinajstić information content (AvgIpc) is 2.60. The predicted molar refractivity (Wildman–Crippen MR) is 104 cm³/mol. The largest absolute Gasteiger partial charge is 0.444 e. The molecule has 0 spiro atoms. The quantitative estimate of drug-likeness (QED) is 0.852. The van der Waals surface area contributed by atoms with Gasteiger partial charge < -0.3 is 9.64 Å². The Bertz CT molecular complexity index is 858. The highest BCUT2D eigenvalue weighted by molar-refractivity contribution is 6.31. The summed E-state index contributed by atoms with van der Waals surface area (Å²) in [5.41, 5.74) is 3.37. The highest BCUT2D eigenvalue weighted by Gasteiger charge is 2.26. The van der Waals surface area contributed by atoms with Crippen molar-refractivity contribution in [2.24, 2.45) is 0 Å². The van der Waals surface area contributed by atoms with Crippen LogP contribution in [0.25, 0.3) is 10.9 Å². The van der Waals surface area contributed by atoms with E-state index < -0.39 is 5.60 Å². The number of hydrogen-bond donors (Lipinski definition) is 1. The number of piperazine rings is 1. The second-order valence-corrected chi connectivity index (χ2v) is 7.87. The van der Waals surface area contributed by atoms with Crippen LogP contribution in [0.5, 0.6) is 0 Å². The summed E-state index contributed by atoms with van der Waals surface area (Å²) in [4.78, 5) is 30.6. The summed E-state index contributed by atoms with van der Waals surface area (Å²) in [7, 11) is 0. The molecule has 2 amide bonds. The van der Waals surface area contributed by atoms with E-state index in [1.165, 1.54) is 0 Å². The van der Waals surface area contributed by atoms with Crippen molar-refractivity contribution in [3.05, 3.63) is 41.0 Å². The fraction of sp³-hybridized carbons (Fsp3) is 0.421. The van der Waals surface area contributed by atoms with Gasteiger partial charge in [-0.05, 0) is 45.0 Å². The summed E-state index contributed by atoms with van der Waals surface area (Å²) in [6.45, 7) is 7.53. The van der Waals surface area contributed by atoms with Gasteiger partial charge in [-0.25, -0.2) is 14.8 Å². The molecule has 1 aromatic heterocycles. The molecule has 0 unspecified atom stereocenters. The molecule has 8 heteroatoms. The minimum Gasteiger partial charge on any atom is -0.444 e. The summed E-state index contributed by atoms with van der Waals surface area (Å²) in [5, 5.41) is 3.30. The van der Waals surface area contributed by atoms with Crippen molar-refractivity contribution in [1.29, 1.82) is 0 Å². The first kappa shape index (κ1) is 19.4. The number of hydrazine groups is 1. The third-order valence-corrected chi connectivity index (χ3v) is 4.31. The Balaban J connectivity index is 1.56. The van der Waals surface area contributed by atoms with Gasteiger partial charge in [0.2, 0.25) is 0 Å². The van der Waals surface area contributed by atoms with Crippen LogP contribution in [0.1, 0.15) is 31.3 Å². The smallest absolute Gasteiger partial charge is 0.410 e. The fourth-order valence-electron chi connectivity index (χ4n) is 2.75. The van der Waals surface area contributed by atoms with Gasteiger partial charge >= 0.3 is 6.09 Å². The van der Waals surface area contributed by atoms with Crippen molar-refractivity contribution in [3.8, 4) is 0 Å². The van der Waals surface area contributed by atoms with Gasteiger partial charge in [0.1, 0.15) is 11.3 Å². The molecule has 0 saturated carbocycles. The number of hydrogen-bond acceptors (Lipinski definition) is 5. The van der Waals surface area contributed by atoms with Crippen molar-refractivity contribution >= 4 is 34.5 Å². The number of nitrogens with one attached hydrogen (secondary N) is 1. The third-order valence-electron chi connectivity index (χ3n) is 4.07. The predicted octanol–water partition coefficient (Wildman–Crippen LogP) is 3.09. The van der Waals surface area contributed by atoms with Crippen LogP contribution in [-0.2, 0) is 4.74 Å². The molecular weight excluding hydrogens is 368 g/mol. The van der Waals surface area contributed by atoms with Crippen molar-refractivity contribution in [3.63, 3.8) is 0 Å². The van der Waals surface area contributed by atoms with E-state index in [1.54, 1.807) is 28.1 Å². The molecule has 1 aliphatic heterocycles. The monoisotopic (exact) mass is 390 g/mol. The van der Waals surface area contributed by atoms with E-state index in [0.717, 1.165) is 5.39 Å². The molecule has 2 heterocycles. The molecule has 0 radical (unpaired) electrons. The maximum atomic E-state index is 12.5. The first-order valence-electron chi connectivity index (χ1n) is 8.81. The van der Waals surface area contributed by atoms with Crippen molar-refractivity contribution < 1.29 is 14.3 Å². The normalized spacial score (nSPS) is 15.6. The topological polar surface area (TPSA) is 74.8 Å². The maximum Gasteiger partial charge on any atom is 0.410 e. The van der Waals surface area contributed by atoms with E-state index in [4.69, 9.17) is 16.3 Å². The summed E-state index contributed by atoms with van der Waals surface area (Å²) in [6, 6.07) is 8.83. The molecule has 144 valence electrons. The molecule has 1 N–H and O–H groups in total. The van der Waals surface area contributed by atoms with Crippen molar-refractivity contribution in [1.82, 2.24) is 20.3 Å². The van der Waals surface area contributed by atoms with E-state index in [1.807, 2.05) is 32.9 Å². The van der Waals surface area contributed by atoms with Gasteiger partial charge in [-0.15, -0.1) is 0 Å². The Kier molecular flexibility index (Phi) is 5.53. The molecular formula is C19H23ClN4O3. The summed E-state index contributed by atoms with van der Waals surface area (Å²) >= 11 is 5.97. The zero-order chi connectivity index (χ0) is 19.6. The van der Waals surface area contributed by atoms with E-state index >= 15 is 0 Å². The minimum absolute atomic E-state index is 0.280. The van der Waals surface area contributed by atoms with E-state index in [0.29, 0.717) is 42.4 Å². The second kappa shape index (κ2) is 7.70. The SMILES string of the molecule is CC(C)(C)OC(=O)N1CCN(NC(=O)c2ccc3cc(Cl)ccc3n2)CC1. The Morgan fingerprint density at radius 1 is 1.11 bits per heavy atom. The molecule has 1 fully saturated rings. The maximum absolute atomic E-state index is 12.5. The fourth-order valence-corrected chi connectivity index (χ4v) is 2.93. The lowest BCUT2D eigenvalue weighted by atomic mass is 10.2. The molecule has 1 saturated heterocycles. The number of carbonyl (C=O) groups excluding carboxylic acids is 2. The molecule has 3 rings (SSSR count). The number of ether oxygens (including phenoxy) is 1. The van der Waals surface area contributed by atoms with E-state index in [9.17, 15) is 9.59 Å². The first-order chi connectivity index (χ1) is 12.7. The number of benzene rings is 1. The number of amides is 2. The Hall–Kier alpha value is -2.38. The molecule has 1 aliphatic rings. The van der Waals surface area contributed by atoms with Crippen LogP contribution in [0.4, 0.5) is 4.79 Å². The molecule has 0 bridgehead atoms. The van der Waals surface area contributed by atoms with Gasteiger partial charge in [0.05, 0.1) is 5.52 Å². The third kappa shape index (κ3) is 5.08. The van der Waals surface area contributed by atoms with Gasteiger partial charge in [-0.2, -0.15) is 0 Å². The Morgan fingerprint density at radius 3 is 2.48 bits per heavy atom. The number of carbonyl (C=O) groups is 2. The van der Waals surface area contributed by atoms with Gasteiger partial charge in [0.15, 0.2) is 0 Å². The molecule has 0 aliphatic carbocycles. The molecule has 2 aromatic rings. The van der Waals surface area contributed by atoms with Crippen LogP contribution in [0.3, 0.4) is 0 Å². The van der Waals surface area contributed by atoms with Gasteiger partial charge in [0.25, 0.3) is 5.91 Å². The zero-order valence-corrected chi connectivity index (χ0v) is 16.4. The lowest BCUT2D eigenvalue weighted by molar-refractivity contribution is 0.00971. The lowest BCUT2D eigenvalue weighted by Crippen LogP contribution is -2.55. The molecule has 7 nitrogen and oxygen atoms in total. The van der Waals surface area contributed by atoms with Crippen LogP contribution in [-0.4, -0.2) is 58.7 Å². The van der Waals surface area contributed by atoms with Gasteiger partial charge in [-0.1, -0.05) is 17.7 Å². The summed E-state index contributed by atoms with van der Waals surface area (Å²) in [5.74, 6) is -0.280. The van der Waals surface area contributed by atoms with E-state index in [-0.39, 0.29) is 12.0 Å². The lowest BCUT2D eigenvalue weighted by Gasteiger charge is -2.35. The molecule has 1 aromatic carbocycles. The highest BCUT2D eigenvalue weighted by Crippen LogP contribution is 2.18. The Labute approximate surface area is 163 Å². The summed E-state index contributed by atoms with van der Waals surface area (Å²) < 4.78 is 5.37. The van der Waals surface area contributed by atoms with Gasteiger partial charge in [-0.3, -0.25) is 10.2 Å². The number of fused-ring (bicyclic) bond motifs is 1. The number of halogens is 1. The summed E-state index contributed by atoms with van der Waals surface area (Å²) in [6.07, 6.45) is -0.330. The van der Waals surface area contributed by atoms with Crippen LogP contribution in [0, 0.1) is 0 Å². The van der Waals surface area contributed by atoms with Gasteiger partial charge in [0, 0.05) is 36.6 Å². The number of nitrogens with zero attached hydrogens (tertiary/aromatic N) is 3.